The molecule has 3 unspecified atom stereocenters. The molecule has 6 heteroatoms. The van der Waals surface area contributed by atoms with Gasteiger partial charge in [-0.15, -0.1) is 0 Å². The highest BCUT2D eigenvalue weighted by Crippen LogP contribution is 2.15. The molecule has 0 aliphatic carbocycles. The number of nitrogens with one attached hydrogen (secondary N) is 2. The van der Waals surface area contributed by atoms with Crippen LogP contribution in [0.2, 0.25) is 0 Å². The van der Waals surface area contributed by atoms with E-state index < -0.39 is 6.10 Å². The van der Waals surface area contributed by atoms with E-state index in [1.54, 1.807) is 4.90 Å². The summed E-state index contributed by atoms with van der Waals surface area (Å²) >= 11 is 0. The molecule has 3 atom stereocenters. The Bertz CT molecular complexity index is 321. The summed E-state index contributed by atoms with van der Waals surface area (Å²) in [4.78, 5) is 24.7. The van der Waals surface area contributed by atoms with E-state index >= 15 is 0 Å². The molecule has 2 aliphatic heterocycles. The van der Waals surface area contributed by atoms with Gasteiger partial charge >= 0.3 is 0 Å². The first-order valence-electron chi connectivity index (χ1n) is 6.03. The molecule has 0 spiro atoms. The summed E-state index contributed by atoms with van der Waals surface area (Å²) in [5.74, 6) is -0.0203. The maximum absolute atomic E-state index is 12.1. The average molecular weight is 241 g/mol. The Labute approximate surface area is 100 Å². The highest BCUT2D eigenvalue weighted by Gasteiger charge is 2.34. The van der Waals surface area contributed by atoms with Gasteiger partial charge in [-0.3, -0.25) is 9.59 Å². The Morgan fingerprint density at radius 3 is 2.82 bits per heavy atom. The molecule has 2 heterocycles. The first-order valence-corrected chi connectivity index (χ1v) is 6.03. The summed E-state index contributed by atoms with van der Waals surface area (Å²) in [6.07, 6.45) is 0.874. The van der Waals surface area contributed by atoms with Crippen LogP contribution in [0.1, 0.15) is 19.8 Å². The van der Waals surface area contributed by atoms with Crippen molar-refractivity contribution in [3.63, 3.8) is 0 Å². The molecule has 96 valence electrons. The molecule has 6 nitrogen and oxygen atoms in total. The summed E-state index contributed by atoms with van der Waals surface area (Å²) in [6.45, 7) is 3.23. The van der Waals surface area contributed by atoms with Crippen LogP contribution in [0.25, 0.3) is 0 Å². The molecule has 0 aromatic carbocycles. The average Bonchev–Trinajstić information content (AvgIpc) is 2.85. The van der Waals surface area contributed by atoms with Crippen LogP contribution in [0.15, 0.2) is 0 Å². The highest BCUT2D eigenvalue weighted by atomic mass is 16.3. The first-order chi connectivity index (χ1) is 8.06. The van der Waals surface area contributed by atoms with Gasteiger partial charge in [0.25, 0.3) is 0 Å². The number of aliphatic hydroxyl groups excluding tert-OH is 1. The number of rotatable bonds is 2. The molecule has 3 N–H and O–H groups in total. The number of hydrogen-bond donors (Lipinski definition) is 3. The minimum atomic E-state index is -0.419. The van der Waals surface area contributed by atoms with Gasteiger partial charge < -0.3 is 20.6 Å². The van der Waals surface area contributed by atoms with Crippen LogP contribution in [0.3, 0.4) is 0 Å². The lowest BCUT2D eigenvalue weighted by atomic mass is 10.2. The summed E-state index contributed by atoms with van der Waals surface area (Å²) in [5.41, 5.74) is 0. The molecular weight excluding hydrogens is 222 g/mol. The Morgan fingerprint density at radius 2 is 2.24 bits per heavy atom. The zero-order valence-electron chi connectivity index (χ0n) is 9.98. The monoisotopic (exact) mass is 241 g/mol. The predicted octanol–water partition coefficient (Wildman–Crippen LogP) is -1.55. The molecule has 2 amide bonds. The Balaban J connectivity index is 1.83. The summed E-state index contributed by atoms with van der Waals surface area (Å²) in [6, 6.07) is -0.191. The number of nitrogens with zero attached hydrogens (tertiary/aromatic N) is 1. The Kier molecular flexibility index (Phi) is 3.63. The van der Waals surface area contributed by atoms with Crippen molar-refractivity contribution in [2.24, 2.45) is 0 Å². The van der Waals surface area contributed by atoms with Crippen molar-refractivity contribution in [3.05, 3.63) is 0 Å². The third kappa shape index (κ3) is 2.95. The highest BCUT2D eigenvalue weighted by molar-refractivity contribution is 5.82. The maximum Gasteiger partial charge on any atom is 0.239 e. The topological polar surface area (TPSA) is 81.7 Å². The van der Waals surface area contributed by atoms with Gasteiger partial charge in [-0.2, -0.15) is 0 Å². The molecule has 0 bridgehead atoms. The minimum Gasteiger partial charge on any atom is -0.392 e. The first kappa shape index (κ1) is 12.3. The molecule has 0 aromatic rings. The number of aliphatic hydroxyl groups is 1. The fourth-order valence-electron chi connectivity index (χ4n) is 2.49. The van der Waals surface area contributed by atoms with Crippen LogP contribution >= 0.6 is 0 Å². The van der Waals surface area contributed by atoms with E-state index in [4.69, 9.17) is 0 Å². The van der Waals surface area contributed by atoms with E-state index in [0.29, 0.717) is 26.1 Å². The number of carbonyl (C=O) groups excluding carboxylic acids is 2. The van der Waals surface area contributed by atoms with E-state index in [1.165, 1.54) is 6.92 Å². The lowest BCUT2D eigenvalue weighted by Gasteiger charge is -2.20. The van der Waals surface area contributed by atoms with Gasteiger partial charge in [-0.1, -0.05) is 0 Å². The molecule has 2 saturated heterocycles. The second-order valence-electron chi connectivity index (χ2n) is 4.82. The zero-order chi connectivity index (χ0) is 12.4. The predicted molar refractivity (Wildman–Crippen MR) is 61.2 cm³/mol. The SMILES string of the molecule is CC(=O)NC1CCN(C(=O)C2CC(O)CN2)C1. The molecular formula is C11H19N3O3. The number of likely N-dealkylation sites (tertiary alicyclic amines) is 1. The molecule has 17 heavy (non-hydrogen) atoms. The van der Waals surface area contributed by atoms with Crippen molar-refractivity contribution < 1.29 is 14.7 Å². The zero-order valence-corrected chi connectivity index (χ0v) is 9.98. The minimum absolute atomic E-state index is 0.0365. The second kappa shape index (κ2) is 5.01. The largest absolute Gasteiger partial charge is 0.392 e. The smallest absolute Gasteiger partial charge is 0.239 e. The van der Waals surface area contributed by atoms with Gasteiger partial charge in [0, 0.05) is 32.6 Å². The number of β-amino-alcohol motifs (C(OH)–C–C–N with tert-alkyl or cyclic N) is 1. The van der Waals surface area contributed by atoms with Crippen molar-refractivity contribution >= 4 is 11.8 Å². The molecule has 2 fully saturated rings. The van der Waals surface area contributed by atoms with Crippen molar-refractivity contribution in [2.75, 3.05) is 19.6 Å². The number of hydrogen-bond acceptors (Lipinski definition) is 4. The Morgan fingerprint density at radius 1 is 1.47 bits per heavy atom. The van der Waals surface area contributed by atoms with E-state index in [-0.39, 0.29) is 23.9 Å². The van der Waals surface area contributed by atoms with Gasteiger partial charge in [0.2, 0.25) is 11.8 Å². The van der Waals surface area contributed by atoms with Crippen molar-refractivity contribution in [3.8, 4) is 0 Å². The van der Waals surface area contributed by atoms with Crippen LogP contribution in [0.5, 0.6) is 0 Å². The van der Waals surface area contributed by atoms with Crippen LogP contribution in [0, 0.1) is 0 Å². The van der Waals surface area contributed by atoms with Crippen LogP contribution in [-0.4, -0.2) is 59.6 Å². The molecule has 0 saturated carbocycles. The van der Waals surface area contributed by atoms with Gasteiger partial charge in [0.15, 0.2) is 0 Å². The number of amides is 2. The second-order valence-corrected chi connectivity index (χ2v) is 4.82. The lowest BCUT2D eigenvalue weighted by molar-refractivity contribution is -0.132. The van der Waals surface area contributed by atoms with Gasteiger partial charge in [0.05, 0.1) is 12.1 Å². The van der Waals surface area contributed by atoms with Crippen molar-refractivity contribution in [1.82, 2.24) is 15.5 Å². The molecule has 0 aromatic heterocycles. The lowest BCUT2D eigenvalue weighted by Crippen LogP contribution is -2.44. The molecule has 0 radical (unpaired) electrons. The Hall–Kier alpha value is -1.14. The van der Waals surface area contributed by atoms with Crippen molar-refractivity contribution in [1.29, 1.82) is 0 Å². The summed E-state index contributed by atoms with van der Waals surface area (Å²) in [5, 5.41) is 15.2. The normalized spacial score (nSPS) is 32.8. The third-order valence-electron chi connectivity index (χ3n) is 3.31. The van der Waals surface area contributed by atoms with E-state index in [2.05, 4.69) is 10.6 Å². The fourth-order valence-corrected chi connectivity index (χ4v) is 2.49. The van der Waals surface area contributed by atoms with E-state index in [1.807, 2.05) is 0 Å². The maximum atomic E-state index is 12.1. The van der Waals surface area contributed by atoms with Crippen LogP contribution < -0.4 is 10.6 Å². The summed E-state index contributed by atoms with van der Waals surface area (Å²) in [7, 11) is 0. The van der Waals surface area contributed by atoms with Gasteiger partial charge in [-0.05, 0) is 12.8 Å². The van der Waals surface area contributed by atoms with E-state index in [9.17, 15) is 14.7 Å². The van der Waals surface area contributed by atoms with Crippen molar-refractivity contribution in [2.45, 2.75) is 38.0 Å². The standard InChI is InChI=1S/C11H19N3O3/c1-7(15)13-8-2-3-14(6-8)11(17)10-4-9(16)5-12-10/h8-10,12,16H,2-6H2,1H3,(H,13,15). The molecule has 2 aliphatic rings. The third-order valence-corrected chi connectivity index (χ3v) is 3.31. The van der Waals surface area contributed by atoms with E-state index in [0.717, 1.165) is 6.42 Å². The molecule has 2 rings (SSSR count). The van der Waals surface area contributed by atoms with Crippen LogP contribution in [0.4, 0.5) is 0 Å². The van der Waals surface area contributed by atoms with Gasteiger partial charge in [-0.25, -0.2) is 0 Å². The fraction of sp³-hybridized carbons (Fsp3) is 0.818. The number of carbonyl (C=O) groups is 2. The van der Waals surface area contributed by atoms with Crippen LogP contribution in [-0.2, 0) is 9.59 Å². The quantitative estimate of drug-likeness (QED) is 0.546. The summed E-state index contributed by atoms with van der Waals surface area (Å²) < 4.78 is 0. The van der Waals surface area contributed by atoms with Gasteiger partial charge in [0.1, 0.15) is 0 Å².